The minimum Gasteiger partial charge on any atom is -0.489 e. The van der Waals surface area contributed by atoms with Gasteiger partial charge in [0.2, 0.25) is 0 Å². The van der Waals surface area contributed by atoms with Crippen LogP contribution in [0.25, 0.3) is 0 Å². The molecule has 0 bridgehead atoms. The average Bonchev–Trinajstić information content (AvgIpc) is 2.67. The molecule has 3 nitrogen and oxygen atoms in total. The average molecular weight is 413 g/mol. The molecule has 1 atom stereocenters. The molecule has 3 rings (SSSR count). The van der Waals surface area contributed by atoms with Crippen molar-refractivity contribution < 1.29 is 14.6 Å². The minimum atomic E-state index is -0.635. The zero-order chi connectivity index (χ0) is 18.4. The smallest absolute Gasteiger partial charge is 0.138 e. The Morgan fingerprint density at radius 1 is 0.846 bits per heavy atom. The Bertz CT molecular complexity index is 833. The monoisotopic (exact) mass is 412 g/mol. The first kappa shape index (κ1) is 18.5. The highest BCUT2D eigenvalue weighted by atomic mass is 79.9. The number of hydrogen-bond acceptors (Lipinski definition) is 3. The van der Waals surface area contributed by atoms with Crippen LogP contribution in [0.15, 0.2) is 77.3 Å². The fourth-order valence-corrected chi connectivity index (χ4v) is 3.24. The van der Waals surface area contributed by atoms with Crippen LogP contribution in [0.5, 0.6) is 11.5 Å². The normalized spacial score (nSPS) is 11.8. The van der Waals surface area contributed by atoms with Crippen LogP contribution in [0.2, 0.25) is 0 Å². The Labute approximate surface area is 162 Å². The summed E-state index contributed by atoms with van der Waals surface area (Å²) in [4.78, 5) is 0. The van der Waals surface area contributed by atoms with Gasteiger partial charge in [-0.2, -0.15) is 0 Å². The van der Waals surface area contributed by atoms with Crippen molar-refractivity contribution in [1.29, 1.82) is 0 Å². The summed E-state index contributed by atoms with van der Waals surface area (Å²) in [6, 6.07) is 23.6. The van der Waals surface area contributed by atoms with Gasteiger partial charge < -0.3 is 14.6 Å². The minimum absolute atomic E-state index is 0.445. The van der Waals surface area contributed by atoms with Crippen molar-refractivity contribution in [2.24, 2.45) is 0 Å². The van der Waals surface area contributed by atoms with Crippen LogP contribution >= 0.6 is 15.9 Å². The lowest BCUT2D eigenvalue weighted by atomic mass is 10.1. The van der Waals surface area contributed by atoms with Crippen molar-refractivity contribution >= 4 is 15.9 Å². The van der Waals surface area contributed by atoms with Gasteiger partial charge in [-0.15, -0.1) is 0 Å². The number of aliphatic hydroxyl groups excluding tert-OH is 1. The van der Waals surface area contributed by atoms with Crippen molar-refractivity contribution in [2.45, 2.75) is 26.2 Å². The maximum Gasteiger partial charge on any atom is 0.138 e. The van der Waals surface area contributed by atoms with E-state index in [2.05, 4.69) is 15.9 Å². The Morgan fingerprint density at radius 2 is 1.38 bits per heavy atom. The number of ether oxygens (including phenoxy) is 2. The highest BCUT2D eigenvalue weighted by molar-refractivity contribution is 9.10. The molecule has 134 valence electrons. The van der Waals surface area contributed by atoms with Gasteiger partial charge >= 0.3 is 0 Å². The Morgan fingerprint density at radius 3 is 1.92 bits per heavy atom. The SMILES string of the molecule is CC(O)c1cc(OCc2ccccc2)cc(OCc2ccccc2)c1Br. The fraction of sp³-hybridized carbons (Fsp3) is 0.182. The summed E-state index contributed by atoms with van der Waals surface area (Å²) in [6.45, 7) is 2.63. The van der Waals surface area contributed by atoms with E-state index in [1.54, 1.807) is 6.92 Å². The molecule has 0 spiro atoms. The van der Waals surface area contributed by atoms with Gasteiger partial charge in [-0.1, -0.05) is 60.7 Å². The standard InChI is InChI=1S/C22H21BrO3/c1-16(24)20-12-19(25-14-17-8-4-2-5-9-17)13-21(22(20)23)26-15-18-10-6-3-7-11-18/h2-13,16,24H,14-15H2,1H3. The van der Waals surface area contributed by atoms with Crippen molar-refractivity contribution in [3.05, 3.63) is 94.0 Å². The van der Waals surface area contributed by atoms with Crippen LogP contribution in [0.4, 0.5) is 0 Å². The topological polar surface area (TPSA) is 38.7 Å². The van der Waals surface area contributed by atoms with E-state index in [0.717, 1.165) is 21.2 Å². The Balaban J connectivity index is 1.79. The maximum atomic E-state index is 10.1. The van der Waals surface area contributed by atoms with E-state index < -0.39 is 6.10 Å². The zero-order valence-corrected chi connectivity index (χ0v) is 16.1. The van der Waals surface area contributed by atoms with Crippen LogP contribution in [0, 0.1) is 0 Å². The molecule has 0 aliphatic heterocycles. The Kier molecular flexibility index (Phi) is 6.31. The molecule has 26 heavy (non-hydrogen) atoms. The highest BCUT2D eigenvalue weighted by Gasteiger charge is 2.15. The zero-order valence-electron chi connectivity index (χ0n) is 14.6. The molecule has 0 saturated heterocycles. The second-order valence-electron chi connectivity index (χ2n) is 6.05. The Hall–Kier alpha value is -2.30. The summed E-state index contributed by atoms with van der Waals surface area (Å²) in [5, 5.41) is 10.1. The van der Waals surface area contributed by atoms with Crippen molar-refractivity contribution in [1.82, 2.24) is 0 Å². The number of halogens is 1. The molecule has 0 aliphatic carbocycles. The van der Waals surface area contributed by atoms with E-state index in [0.29, 0.717) is 24.7 Å². The number of aliphatic hydroxyl groups is 1. The molecule has 3 aromatic carbocycles. The van der Waals surface area contributed by atoms with Crippen molar-refractivity contribution in [3.8, 4) is 11.5 Å². The van der Waals surface area contributed by atoms with Gasteiger partial charge in [0.25, 0.3) is 0 Å². The van der Waals surface area contributed by atoms with E-state index in [9.17, 15) is 5.11 Å². The second-order valence-corrected chi connectivity index (χ2v) is 6.84. The molecule has 1 N–H and O–H groups in total. The molecule has 0 saturated carbocycles. The van der Waals surface area contributed by atoms with E-state index in [-0.39, 0.29) is 0 Å². The van der Waals surface area contributed by atoms with Gasteiger partial charge in [-0.25, -0.2) is 0 Å². The first-order chi connectivity index (χ1) is 12.6. The second kappa shape index (κ2) is 8.88. The van der Waals surface area contributed by atoms with Crippen LogP contribution in [0.3, 0.4) is 0 Å². The van der Waals surface area contributed by atoms with Gasteiger partial charge in [-0.05, 0) is 40.0 Å². The number of rotatable bonds is 7. The number of benzene rings is 3. The lowest BCUT2D eigenvalue weighted by molar-refractivity contribution is 0.196. The molecule has 4 heteroatoms. The third-order valence-electron chi connectivity index (χ3n) is 3.98. The molecule has 0 radical (unpaired) electrons. The fourth-order valence-electron chi connectivity index (χ4n) is 2.56. The first-order valence-corrected chi connectivity index (χ1v) is 9.27. The third-order valence-corrected chi connectivity index (χ3v) is 4.83. The van der Waals surface area contributed by atoms with E-state index in [1.165, 1.54) is 0 Å². The molecule has 0 aliphatic rings. The van der Waals surface area contributed by atoms with E-state index in [1.807, 2.05) is 72.8 Å². The van der Waals surface area contributed by atoms with Crippen LogP contribution in [0.1, 0.15) is 29.7 Å². The van der Waals surface area contributed by atoms with Crippen LogP contribution in [-0.2, 0) is 13.2 Å². The van der Waals surface area contributed by atoms with Gasteiger partial charge in [0.05, 0.1) is 10.6 Å². The number of hydrogen-bond donors (Lipinski definition) is 1. The summed E-state index contributed by atoms with van der Waals surface area (Å²) in [6.07, 6.45) is -0.635. The van der Waals surface area contributed by atoms with Gasteiger partial charge in [0.1, 0.15) is 24.7 Å². The lowest BCUT2D eigenvalue weighted by Crippen LogP contribution is -2.02. The molecule has 0 amide bonds. The first-order valence-electron chi connectivity index (χ1n) is 8.48. The van der Waals surface area contributed by atoms with E-state index >= 15 is 0 Å². The van der Waals surface area contributed by atoms with Gasteiger partial charge in [-0.3, -0.25) is 0 Å². The third kappa shape index (κ3) is 4.87. The van der Waals surface area contributed by atoms with Crippen LogP contribution in [-0.4, -0.2) is 5.11 Å². The molecule has 0 fully saturated rings. The predicted molar refractivity (Wildman–Crippen MR) is 106 cm³/mol. The van der Waals surface area contributed by atoms with Gasteiger partial charge in [0, 0.05) is 11.6 Å². The summed E-state index contributed by atoms with van der Waals surface area (Å²) in [7, 11) is 0. The quantitative estimate of drug-likeness (QED) is 0.543. The lowest BCUT2D eigenvalue weighted by Gasteiger charge is -2.16. The van der Waals surface area contributed by atoms with Crippen molar-refractivity contribution in [3.63, 3.8) is 0 Å². The molecular weight excluding hydrogens is 392 g/mol. The maximum absolute atomic E-state index is 10.1. The largest absolute Gasteiger partial charge is 0.489 e. The molecular formula is C22H21BrO3. The van der Waals surface area contributed by atoms with Crippen LogP contribution < -0.4 is 9.47 Å². The van der Waals surface area contributed by atoms with Gasteiger partial charge in [0.15, 0.2) is 0 Å². The molecule has 0 heterocycles. The summed E-state index contributed by atoms with van der Waals surface area (Å²) < 4.78 is 12.6. The summed E-state index contributed by atoms with van der Waals surface area (Å²) in [5.74, 6) is 1.31. The summed E-state index contributed by atoms with van der Waals surface area (Å²) >= 11 is 3.55. The van der Waals surface area contributed by atoms with E-state index in [4.69, 9.17) is 9.47 Å². The molecule has 1 unspecified atom stereocenters. The molecule has 0 aromatic heterocycles. The highest BCUT2D eigenvalue weighted by Crippen LogP contribution is 2.37. The van der Waals surface area contributed by atoms with Crippen molar-refractivity contribution in [2.75, 3.05) is 0 Å². The summed E-state index contributed by atoms with van der Waals surface area (Å²) in [5.41, 5.74) is 2.90. The predicted octanol–water partition coefficient (Wildman–Crippen LogP) is 5.66. The molecule has 3 aromatic rings.